The smallest absolute Gasteiger partial charge is 0.405 e. The number of hydrogen-bond acceptors (Lipinski definition) is 3. The molecular weight excluding hydrogens is 265 g/mol. The van der Waals surface area contributed by atoms with Gasteiger partial charge in [0, 0.05) is 19.5 Å². The van der Waals surface area contributed by atoms with E-state index in [1.165, 1.54) is 4.90 Å². The highest BCUT2D eigenvalue weighted by molar-refractivity contribution is 5.81. The number of urea groups is 1. The Balaban J connectivity index is 4.43. The molecule has 19 heavy (non-hydrogen) atoms. The minimum atomic E-state index is -4.45. The second kappa shape index (κ2) is 7.70. The highest BCUT2D eigenvalue weighted by atomic mass is 19.4. The van der Waals surface area contributed by atoms with Crippen LogP contribution < -0.4 is 11.1 Å². The minimum absolute atomic E-state index is 0.0811. The molecule has 0 aliphatic carbocycles. The van der Waals surface area contributed by atoms with Crippen molar-refractivity contribution in [3.05, 3.63) is 0 Å². The van der Waals surface area contributed by atoms with Gasteiger partial charge in [-0.1, -0.05) is 19.0 Å². The molecule has 0 bridgehead atoms. The zero-order chi connectivity index (χ0) is 15.1. The van der Waals surface area contributed by atoms with E-state index in [9.17, 15) is 18.0 Å². The van der Waals surface area contributed by atoms with Crippen LogP contribution in [0.5, 0.6) is 0 Å². The van der Waals surface area contributed by atoms with Gasteiger partial charge in [-0.25, -0.2) is 4.79 Å². The standard InChI is InChI=1S/C10H19F3N4O2/c1-7(2)5-17(4-3-8(14)16-19)9(18)15-6-10(11,12)13/h7,19H,3-6H2,1-2H3,(H2,14,16)(H,15,18). The number of nitrogens with one attached hydrogen (secondary N) is 1. The van der Waals surface area contributed by atoms with Crippen LogP contribution in [0, 0.1) is 5.92 Å². The van der Waals surface area contributed by atoms with Gasteiger partial charge in [0.05, 0.1) is 0 Å². The maximum absolute atomic E-state index is 12.0. The summed E-state index contributed by atoms with van der Waals surface area (Å²) in [6.07, 6.45) is -4.37. The summed E-state index contributed by atoms with van der Waals surface area (Å²) in [5.74, 6) is 0.00121. The molecule has 4 N–H and O–H groups in total. The van der Waals surface area contributed by atoms with Gasteiger partial charge in [-0.2, -0.15) is 13.2 Å². The summed E-state index contributed by atoms with van der Waals surface area (Å²) in [7, 11) is 0. The molecule has 0 unspecified atom stereocenters. The molecule has 9 heteroatoms. The Hall–Kier alpha value is -1.67. The van der Waals surface area contributed by atoms with Gasteiger partial charge in [-0.05, 0) is 5.92 Å². The van der Waals surface area contributed by atoms with E-state index in [4.69, 9.17) is 10.9 Å². The lowest BCUT2D eigenvalue weighted by molar-refractivity contribution is -0.123. The van der Waals surface area contributed by atoms with E-state index in [0.29, 0.717) is 0 Å². The van der Waals surface area contributed by atoms with Crippen LogP contribution in [0.3, 0.4) is 0 Å². The predicted molar refractivity (Wildman–Crippen MR) is 63.9 cm³/mol. The predicted octanol–water partition coefficient (Wildman–Crippen LogP) is 1.35. The molecule has 0 aliphatic rings. The van der Waals surface area contributed by atoms with Gasteiger partial charge in [0.1, 0.15) is 12.4 Å². The van der Waals surface area contributed by atoms with E-state index in [-0.39, 0.29) is 31.3 Å². The first-order valence-corrected chi connectivity index (χ1v) is 5.71. The first-order chi connectivity index (χ1) is 8.65. The molecule has 0 spiro atoms. The van der Waals surface area contributed by atoms with Crippen LogP contribution >= 0.6 is 0 Å². The van der Waals surface area contributed by atoms with E-state index in [0.717, 1.165) is 0 Å². The maximum Gasteiger partial charge on any atom is 0.405 e. The Kier molecular flexibility index (Phi) is 7.02. The fraction of sp³-hybridized carbons (Fsp3) is 0.800. The van der Waals surface area contributed by atoms with Crippen LogP contribution in [0.25, 0.3) is 0 Å². The zero-order valence-corrected chi connectivity index (χ0v) is 10.9. The number of oxime groups is 1. The van der Waals surface area contributed by atoms with Crippen LogP contribution in [-0.4, -0.2) is 47.8 Å². The molecule has 0 heterocycles. The van der Waals surface area contributed by atoms with Crippen LogP contribution in [0.2, 0.25) is 0 Å². The number of alkyl halides is 3. The van der Waals surface area contributed by atoms with Crippen molar-refractivity contribution in [2.24, 2.45) is 16.8 Å². The van der Waals surface area contributed by atoms with Crippen LogP contribution in [0.4, 0.5) is 18.0 Å². The number of amidine groups is 1. The van der Waals surface area contributed by atoms with Crippen LogP contribution in [0.15, 0.2) is 5.16 Å². The molecule has 0 aromatic heterocycles. The fourth-order valence-electron chi connectivity index (χ4n) is 1.30. The Morgan fingerprint density at radius 2 is 2.05 bits per heavy atom. The molecule has 0 saturated carbocycles. The van der Waals surface area contributed by atoms with E-state index < -0.39 is 18.8 Å². The number of halogens is 3. The largest absolute Gasteiger partial charge is 0.409 e. The summed E-state index contributed by atoms with van der Waals surface area (Å²) in [6, 6.07) is -0.822. The van der Waals surface area contributed by atoms with Crippen molar-refractivity contribution in [1.29, 1.82) is 0 Å². The summed E-state index contributed by atoms with van der Waals surface area (Å²) in [4.78, 5) is 12.8. The van der Waals surface area contributed by atoms with E-state index in [1.807, 2.05) is 13.8 Å². The summed E-state index contributed by atoms with van der Waals surface area (Å²) < 4.78 is 36.0. The SMILES string of the molecule is CC(C)CN(CCC(N)=NO)C(=O)NCC(F)(F)F. The van der Waals surface area contributed by atoms with E-state index >= 15 is 0 Å². The Morgan fingerprint density at radius 3 is 2.47 bits per heavy atom. The van der Waals surface area contributed by atoms with Gasteiger partial charge in [0.15, 0.2) is 0 Å². The van der Waals surface area contributed by atoms with Crippen molar-refractivity contribution in [2.75, 3.05) is 19.6 Å². The van der Waals surface area contributed by atoms with Gasteiger partial charge in [-0.3, -0.25) is 0 Å². The second-order valence-electron chi connectivity index (χ2n) is 4.46. The zero-order valence-electron chi connectivity index (χ0n) is 10.9. The first kappa shape index (κ1) is 17.3. The Bertz CT molecular complexity index is 318. The monoisotopic (exact) mass is 284 g/mol. The topological polar surface area (TPSA) is 90.9 Å². The molecular formula is C10H19F3N4O2. The molecule has 0 aromatic carbocycles. The van der Waals surface area contributed by atoms with Crippen LogP contribution in [0.1, 0.15) is 20.3 Å². The first-order valence-electron chi connectivity index (χ1n) is 5.71. The van der Waals surface area contributed by atoms with E-state index in [2.05, 4.69) is 5.16 Å². The Morgan fingerprint density at radius 1 is 1.47 bits per heavy atom. The van der Waals surface area contributed by atoms with Crippen molar-refractivity contribution in [1.82, 2.24) is 10.2 Å². The summed E-state index contributed by atoms with van der Waals surface area (Å²) in [5.41, 5.74) is 5.26. The van der Waals surface area contributed by atoms with Crippen molar-refractivity contribution < 1.29 is 23.2 Å². The average Bonchev–Trinajstić information content (AvgIpc) is 2.29. The second-order valence-corrected chi connectivity index (χ2v) is 4.46. The molecule has 0 rings (SSSR count). The lowest BCUT2D eigenvalue weighted by atomic mass is 10.2. The minimum Gasteiger partial charge on any atom is -0.409 e. The number of carbonyl (C=O) groups excluding carboxylic acids is 1. The number of hydrogen-bond donors (Lipinski definition) is 3. The molecule has 2 amide bonds. The molecule has 112 valence electrons. The molecule has 0 radical (unpaired) electrons. The van der Waals surface area contributed by atoms with Gasteiger partial charge in [0.25, 0.3) is 0 Å². The maximum atomic E-state index is 12.0. The quantitative estimate of drug-likeness (QED) is 0.297. The molecule has 0 atom stereocenters. The summed E-state index contributed by atoms with van der Waals surface area (Å²) >= 11 is 0. The summed E-state index contributed by atoms with van der Waals surface area (Å²) in [5, 5.41) is 12.9. The number of carbonyl (C=O) groups is 1. The third kappa shape index (κ3) is 8.97. The normalized spacial score (nSPS) is 12.6. The van der Waals surface area contributed by atoms with Crippen molar-refractivity contribution in [3.63, 3.8) is 0 Å². The molecule has 0 aromatic rings. The van der Waals surface area contributed by atoms with E-state index in [1.54, 1.807) is 5.32 Å². The Labute approximate surface area is 109 Å². The molecule has 0 fully saturated rings. The third-order valence-electron chi connectivity index (χ3n) is 2.08. The highest BCUT2D eigenvalue weighted by Crippen LogP contribution is 2.12. The van der Waals surface area contributed by atoms with Gasteiger partial charge in [-0.15, -0.1) is 0 Å². The van der Waals surface area contributed by atoms with Crippen molar-refractivity contribution >= 4 is 11.9 Å². The number of amides is 2. The van der Waals surface area contributed by atoms with Gasteiger partial charge in [0.2, 0.25) is 0 Å². The highest BCUT2D eigenvalue weighted by Gasteiger charge is 2.28. The fourth-order valence-corrected chi connectivity index (χ4v) is 1.30. The van der Waals surface area contributed by atoms with Crippen LogP contribution in [-0.2, 0) is 0 Å². The van der Waals surface area contributed by atoms with Crippen molar-refractivity contribution in [2.45, 2.75) is 26.4 Å². The number of nitrogens with two attached hydrogens (primary N) is 1. The molecule has 6 nitrogen and oxygen atoms in total. The molecule has 0 aliphatic heterocycles. The average molecular weight is 284 g/mol. The summed E-state index contributed by atoms with van der Waals surface area (Å²) in [6.45, 7) is 2.63. The van der Waals surface area contributed by atoms with Gasteiger partial charge >= 0.3 is 12.2 Å². The lowest BCUT2D eigenvalue weighted by Gasteiger charge is -2.25. The number of rotatable bonds is 6. The third-order valence-corrected chi connectivity index (χ3v) is 2.08. The number of nitrogens with zero attached hydrogens (tertiary/aromatic N) is 2. The lowest BCUT2D eigenvalue weighted by Crippen LogP contribution is -2.46. The van der Waals surface area contributed by atoms with Gasteiger partial charge < -0.3 is 21.2 Å². The molecule has 0 saturated heterocycles. The van der Waals surface area contributed by atoms with Crippen molar-refractivity contribution in [3.8, 4) is 0 Å².